The molecule has 100 valence electrons. The van der Waals surface area contributed by atoms with Crippen LogP contribution >= 0.6 is 12.0 Å². The first-order valence-electron chi connectivity index (χ1n) is 4.44. The number of alkyl halides is 3. The largest absolute Gasteiger partial charge is 0.524 e. The van der Waals surface area contributed by atoms with Crippen molar-refractivity contribution in [3.05, 3.63) is 35.9 Å². The van der Waals surface area contributed by atoms with Gasteiger partial charge in [-0.05, 0) is 0 Å². The lowest BCUT2D eigenvalue weighted by atomic mass is 10.2. The summed E-state index contributed by atoms with van der Waals surface area (Å²) in [4.78, 5) is 11.4. The van der Waals surface area contributed by atoms with Crippen LogP contribution in [0.4, 0.5) is 13.2 Å². The highest BCUT2D eigenvalue weighted by Crippen LogP contribution is 2.28. The van der Waals surface area contributed by atoms with Gasteiger partial charge in [0.2, 0.25) is 0 Å². The summed E-state index contributed by atoms with van der Waals surface area (Å²) in [5.41, 5.74) is -5.23. The van der Waals surface area contributed by atoms with Gasteiger partial charge in [0.1, 0.15) is 0 Å². The predicted molar refractivity (Wildman–Crippen MR) is 59.3 cm³/mol. The van der Waals surface area contributed by atoms with Gasteiger partial charge in [0.25, 0.3) is 0 Å². The van der Waals surface area contributed by atoms with Crippen LogP contribution < -0.4 is 0 Å². The highest BCUT2D eigenvalue weighted by molar-refractivity contribution is 8.05. The van der Waals surface area contributed by atoms with Gasteiger partial charge < -0.3 is 0 Å². The lowest BCUT2D eigenvalue weighted by Gasteiger charge is -2.06. The Kier molecular flexibility index (Phi) is 4.77. The summed E-state index contributed by atoms with van der Waals surface area (Å²) in [5.74, 6) is -1.06. The zero-order chi connectivity index (χ0) is 13.8. The Labute approximate surface area is 105 Å². The van der Waals surface area contributed by atoms with Gasteiger partial charge in [0.15, 0.2) is 5.78 Å². The quantitative estimate of drug-likeness (QED) is 0.475. The third kappa shape index (κ3) is 4.00. The Morgan fingerprint density at radius 2 is 1.78 bits per heavy atom. The lowest BCUT2D eigenvalue weighted by Crippen LogP contribution is -2.23. The topological polar surface area (TPSA) is 60.4 Å². The number of benzene rings is 1. The van der Waals surface area contributed by atoms with Crippen molar-refractivity contribution >= 4 is 27.9 Å². The van der Waals surface area contributed by atoms with E-state index < -0.39 is 27.2 Å². The van der Waals surface area contributed by atoms with E-state index in [1.165, 1.54) is 12.1 Å². The Balaban J connectivity index is 2.52. The van der Waals surface area contributed by atoms with Crippen LogP contribution in [0.15, 0.2) is 30.3 Å². The zero-order valence-electron chi connectivity index (χ0n) is 8.68. The van der Waals surface area contributed by atoms with Gasteiger partial charge in [-0.1, -0.05) is 30.3 Å². The second kappa shape index (κ2) is 5.72. The smallest absolute Gasteiger partial charge is 0.293 e. The third-order valence-electron chi connectivity index (χ3n) is 1.71. The van der Waals surface area contributed by atoms with E-state index in [-0.39, 0.29) is 17.6 Å². The second-order valence-corrected chi connectivity index (χ2v) is 5.46. The number of hydrogen-bond donors (Lipinski definition) is 0. The van der Waals surface area contributed by atoms with Gasteiger partial charge in [0, 0.05) is 17.6 Å². The van der Waals surface area contributed by atoms with E-state index in [0.717, 1.165) is 0 Å². The van der Waals surface area contributed by atoms with Crippen LogP contribution in [0.25, 0.3) is 0 Å². The summed E-state index contributed by atoms with van der Waals surface area (Å²) in [6, 6.07) is 7.73. The Morgan fingerprint density at radius 1 is 1.22 bits per heavy atom. The normalized spacial score (nSPS) is 12.4. The van der Waals surface area contributed by atoms with E-state index in [9.17, 15) is 26.4 Å². The van der Waals surface area contributed by atoms with Crippen molar-refractivity contribution in [1.82, 2.24) is 0 Å². The highest BCUT2D eigenvalue weighted by atomic mass is 32.3. The first-order chi connectivity index (χ1) is 8.24. The molecule has 0 atom stereocenters. The van der Waals surface area contributed by atoms with Crippen molar-refractivity contribution in [2.45, 2.75) is 5.51 Å². The first-order valence-corrected chi connectivity index (χ1v) is 6.76. The Morgan fingerprint density at radius 3 is 2.28 bits per heavy atom. The van der Waals surface area contributed by atoms with Crippen LogP contribution in [-0.4, -0.2) is 25.5 Å². The average Bonchev–Trinajstić information content (AvgIpc) is 2.28. The van der Waals surface area contributed by atoms with E-state index in [4.69, 9.17) is 0 Å². The summed E-state index contributed by atoms with van der Waals surface area (Å²) >= 11 is -0.0675. The number of ketones is 1. The first kappa shape index (κ1) is 15.0. The van der Waals surface area contributed by atoms with E-state index in [0.29, 0.717) is 0 Å². The molecule has 1 rings (SSSR count). The fraction of sp³-hybridized carbons (Fsp3) is 0.222. The molecule has 0 saturated carbocycles. The van der Waals surface area contributed by atoms with Gasteiger partial charge in [-0.2, -0.15) is 25.2 Å². The minimum absolute atomic E-state index is 0.0675. The zero-order valence-corrected chi connectivity index (χ0v) is 10.3. The van der Waals surface area contributed by atoms with Crippen LogP contribution in [0.5, 0.6) is 0 Å². The number of Topliss-reactive ketones (excluding diaryl/α,β-unsaturated/α-hetero) is 1. The molecule has 0 aliphatic carbocycles. The highest BCUT2D eigenvalue weighted by Gasteiger charge is 2.47. The molecule has 4 nitrogen and oxygen atoms in total. The van der Waals surface area contributed by atoms with Crippen molar-refractivity contribution in [3.8, 4) is 0 Å². The molecule has 18 heavy (non-hydrogen) atoms. The maximum atomic E-state index is 11.9. The van der Waals surface area contributed by atoms with Crippen molar-refractivity contribution in [2.24, 2.45) is 0 Å². The maximum absolute atomic E-state index is 11.9. The molecule has 0 spiro atoms. The average molecular weight is 300 g/mol. The number of carbonyl (C=O) groups is 1. The molecular formula is C9H7F3O4S2. The number of carbonyl (C=O) groups excluding carboxylic acids is 1. The van der Waals surface area contributed by atoms with Crippen molar-refractivity contribution in [1.29, 1.82) is 0 Å². The summed E-state index contributed by atoms with van der Waals surface area (Å²) in [6.45, 7) is 0. The summed E-state index contributed by atoms with van der Waals surface area (Å²) in [7, 11) is -5.66. The fourth-order valence-corrected chi connectivity index (χ4v) is 2.17. The summed E-state index contributed by atoms with van der Waals surface area (Å²) < 4.78 is 60.2. The third-order valence-corrected chi connectivity index (χ3v) is 3.76. The molecule has 9 heteroatoms. The number of hydrogen-bond acceptors (Lipinski definition) is 5. The molecule has 1 aromatic rings. The SMILES string of the molecule is O=C(CSOS(=O)(=O)C(F)(F)F)c1ccccc1. The molecule has 0 aromatic heterocycles. The van der Waals surface area contributed by atoms with Crippen molar-refractivity contribution in [3.63, 3.8) is 0 Å². The van der Waals surface area contributed by atoms with E-state index in [1.54, 1.807) is 18.2 Å². The van der Waals surface area contributed by atoms with Gasteiger partial charge in [-0.3, -0.25) is 4.79 Å². The molecule has 0 amide bonds. The minimum atomic E-state index is -5.66. The molecule has 0 aliphatic heterocycles. The van der Waals surface area contributed by atoms with E-state index in [1.807, 2.05) is 0 Å². The Bertz CT molecular complexity index is 510. The van der Waals surface area contributed by atoms with E-state index >= 15 is 0 Å². The van der Waals surface area contributed by atoms with Gasteiger partial charge in [0.05, 0.1) is 5.75 Å². The summed E-state index contributed by atoms with van der Waals surface area (Å²) in [5, 5.41) is 0. The number of rotatable bonds is 5. The van der Waals surface area contributed by atoms with Crippen molar-refractivity contribution in [2.75, 3.05) is 5.75 Å². The van der Waals surface area contributed by atoms with Crippen LogP contribution in [0.1, 0.15) is 10.4 Å². The minimum Gasteiger partial charge on any atom is -0.293 e. The van der Waals surface area contributed by atoms with Crippen molar-refractivity contribution < 1.29 is 30.0 Å². The molecular weight excluding hydrogens is 293 g/mol. The monoisotopic (exact) mass is 300 g/mol. The molecule has 1 aromatic carbocycles. The number of halogens is 3. The summed E-state index contributed by atoms with van der Waals surface area (Å²) in [6.07, 6.45) is 0. The molecule has 0 saturated heterocycles. The fourth-order valence-electron chi connectivity index (χ4n) is 0.887. The maximum Gasteiger partial charge on any atom is 0.524 e. The standard InChI is InChI=1S/C9H7F3O4S2/c10-9(11,12)18(14,15)16-17-6-8(13)7-4-2-1-3-5-7/h1-5H,6H2. The molecule has 0 bridgehead atoms. The molecule has 0 N–H and O–H groups in total. The van der Waals surface area contributed by atoms with Gasteiger partial charge in [-0.15, -0.1) is 0 Å². The molecule has 0 heterocycles. The van der Waals surface area contributed by atoms with Crippen LogP contribution in [-0.2, 0) is 13.7 Å². The molecule has 0 fully saturated rings. The predicted octanol–water partition coefficient (Wildman–Crippen LogP) is 2.38. The van der Waals surface area contributed by atoms with Crippen LogP contribution in [0.2, 0.25) is 0 Å². The van der Waals surface area contributed by atoms with Gasteiger partial charge >= 0.3 is 15.6 Å². The molecule has 0 aliphatic rings. The van der Waals surface area contributed by atoms with Crippen LogP contribution in [0, 0.1) is 0 Å². The molecule has 0 unspecified atom stereocenters. The molecule has 0 radical (unpaired) electrons. The second-order valence-electron chi connectivity index (χ2n) is 3.02. The lowest BCUT2D eigenvalue weighted by molar-refractivity contribution is -0.0494. The van der Waals surface area contributed by atoms with Gasteiger partial charge in [-0.25, -0.2) is 0 Å². The Hall–Kier alpha value is -1.06. The van der Waals surface area contributed by atoms with Crippen LogP contribution in [0.3, 0.4) is 0 Å². The van der Waals surface area contributed by atoms with E-state index in [2.05, 4.69) is 3.63 Å².